The Morgan fingerprint density at radius 1 is 1.54 bits per heavy atom. The highest BCUT2D eigenvalue weighted by Gasteiger charge is 2.42. The molecule has 0 aromatic carbocycles. The number of hydrogen-bond acceptors (Lipinski definition) is 2. The molecule has 0 saturated carbocycles. The van der Waals surface area contributed by atoms with Crippen LogP contribution in [0.4, 0.5) is 17.6 Å². The monoisotopic (exact) mass is 200 g/mol. The first-order chi connectivity index (χ1) is 5.90. The van der Waals surface area contributed by atoms with Gasteiger partial charge < -0.3 is 4.74 Å². The molecule has 0 spiro atoms. The molecule has 0 saturated heterocycles. The van der Waals surface area contributed by atoms with Crippen LogP contribution in [0.1, 0.15) is 6.92 Å². The Kier molecular flexibility index (Phi) is 4.44. The van der Waals surface area contributed by atoms with E-state index in [4.69, 9.17) is 0 Å². The van der Waals surface area contributed by atoms with Crippen LogP contribution in [0.5, 0.6) is 0 Å². The summed E-state index contributed by atoms with van der Waals surface area (Å²) in [5, 5.41) is 0. The van der Waals surface area contributed by atoms with Gasteiger partial charge in [-0.3, -0.25) is 0 Å². The first-order valence-electron chi connectivity index (χ1n) is 3.35. The minimum Gasteiger partial charge on any atom is -0.456 e. The van der Waals surface area contributed by atoms with E-state index in [9.17, 15) is 22.4 Å². The number of alkyl halides is 4. The van der Waals surface area contributed by atoms with Gasteiger partial charge >= 0.3 is 18.3 Å². The first kappa shape index (κ1) is 11.9. The van der Waals surface area contributed by atoms with Gasteiger partial charge in [-0.1, -0.05) is 6.08 Å². The summed E-state index contributed by atoms with van der Waals surface area (Å²) in [6.07, 6.45) is -1.71. The van der Waals surface area contributed by atoms with Crippen molar-refractivity contribution in [2.75, 3.05) is 6.61 Å². The summed E-state index contributed by atoms with van der Waals surface area (Å²) < 4.78 is 51.0. The van der Waals surface area contributed by atoms with Gasteiger partial charge in [0.05, 0.1) is 0 Å². The van der Waals surface area contributed by atoms with E-state index < -0.39 is 24.9 Å². The lowest BCUT2D eigenvalue weighted by Gasteiger charge is -2.13. The van der Waals surface area contributed by atoms with Crippen LogP contribution in [0.15, 0.2) is 12.2 Å². The Hall–Kier alpha value is -1.07. The van der Waals surface area contributed by atoms with Crippen molar-refractivity contribution in [2.45, 2.75) is 19.3 Å². The summed E-state index contributed by atoms with van der Waals surface area (Å²) in [6.45, 7) is -0.139. The summed E-state index contributed by atoms with van der Waals surface area (Å²) in [5.41, 5.74) is 0. The fraction of sp³-hybridized carbons (Fsp3) is 0.571. The fourth-order valence-electron chi connectivity index (χ4n) is 0.415. The van der Waals surface area contributed by atoms with Crippen molar-refractivity contribution in [1.29, 1.82) is 0 Å². The summed E-state index contributed by atoms with van der Waals surface area (Å²) in [7, 11) is 0. The molecule has 0 fully saturated rings. The molecule has 2 nitrogen and oxygen atoms in total. The van der Waals surface area contributed by atoms with Crippen LogP contribution in [0.2, 0.25) is 0 Å². The van der Waals surface area contributed by atoms with Crippen LogP contribution in [0.3, 0.4) is 0 Å². The second-order valence-electron chi connectivity index (χ2n) is 2.17. The number of esters is 1. The number of carbonyl (C=O) groups excluding carboxylic acids is 1. The number of halogens is 4. The minimum atomic E-state index is -4.28. The Labute approximate surface area is 72.2 Å². The zero-order valence-corrected chi connectivity index (χ0v) is 6.77. The summed E-state index contributed by atoms with van der Waals surface area (Å²) in [6, 6.07) is 0. The fourth-order valence-corrected chi connectivity index (χ4v) is 0.415. The van der Waals surface area contributed by atoms with Crippen LogP contribution < -0.4 is 0 Å². The molecule has 0 heterocycles. The van der Waals surface area contributed by atoms with E-state index >= 15 is 0 Å². The van der Waals surface area contributed by atoms with Crippen LogP contribution in [0.25, 0.3) is 0 Å². The van der Waals surface area contributed by atoms with Gasteiger partial charge in [0.25, 0.3) is 0 Å². The highest BCUT2D eigenvalue weighted by molar-refractivity contribution is 5.81. The molecule has 0 aromatic heterocycles. The largest absolute Gasteiger partial charge is 0.456 e. The highest BCUT2D eigenvalue weighted by atomic mass is 19.3. The van der Waals surface area contributed by atoms with Crippen LogP contribution in [-0.4, -0.2) is 24.9 Å². The third-order valence-corrected chi connectivity index (χ3v) is 1.03. The summed E-state index contributed by atoms with van der Waals surface area (Å²) >= 11 is 0. The van der Waals surface area contributed by atoms with E-state index in [0.29, 0.717) is 0 Å². The lowest BCUT2D eigenvalue weighted by molar-refractivity contribution is -0.176. The van der Waals surface area contributed by atoms with Gasteiger partial charge in [-0.15, -0.1) is 0 Å². The van der Waals surface area contributed by atoms with Gasteiger partial charge in [-0.05, 0) is 6.92 Å². The van der Waals surface area contributed by atoms with Gasteiger partial charge in [-0.2, -0.15) is 8.78 Å². The third kappa shape index (κ3) is 4.49. The molecule has 0 radical (unpaired) electrons. The second kappa shape index (κ2) is 4.84. The van der Waals surface area contributed by atoms with Gasteiger partial charge in [-0.25, -0.2) is 13.6 Å². The average molecular weight is 200 g/mol. The van der Waals surface area contributed by atoms with Crippen LogP contribution in [0, 0.1) is 0 Å². The number of carbonyl (C=O) groups is 1. The Bertz CT molecular complexity index is 201. The summed E-state index contributed by atoms with van der Waals surface area (Å²) in [5.74, 6) is -5.35. The van der Waals surface area contributed by atoms with Gasteiger partial charge in [0.2, 0.25) is 0 Å². The van der Waals surface area contributed by atoms with E-state index in [0.717, 1.165) is 6.08 Å². The predicted octanol–water partition coefficient (Wildman–Crippen LogP) is 2.01. The Morgan fingerprint density at radius 2 is 2.08 bits per heavy atom. The molecule has 0 aliphatic heterocycles. The number of rotatable bonds is 4. The van der Waals surface area contributed by atoms with Crippen molar-refractivity contribution in [3.05, 3.63) is 12.2 Å². The average Bonchev–Trinajstić information content (AvgIpc) is 2.01. The van der Waals surface area contributed by atoms with Crippen LogP contribution >= 0.6 is 0 Å². The Balaban J connectivity index is 3.95. The van der Waals surface area contributed by atoms with Gasteiger partial charge in [0.15, 0.2) is 6.61 Å². The molecule has 6 heteroatoms. The van der Waals surface area contributed by atoms with Crippen molar-refractivity contribution in [1.82, 2.24) is 0 Å². The quantitative estimate of drug-likeness (QED) is 0.394. The first-order valence-corrected chi connectivity index (χ1v) is 3.35. The molecular formula is C7H8F4O2. The lowest BCUT2D eigenvalue weighted by atomic mass is 10.4. The molecule has 0 aromatic rings. The predicted molar refractivity (Wildman–Crippen MR) is 36.7 cm³/mol. The zero-order valence-electron chi connectivity index (χ0n) is 6.77. The maximum atomic E-state index is 12.1. The maximum absolute atomic E-state index is 12.1. The molecule has 0 unspecified atom stereocenters. The van der Waals surface area contributed by atoms with Crippen molar-refractivity contribution in [3.63, 3.8) is 0 Å². The molecule has 0 N–H and O–H groups in total. The molecule has 13 heavy (non-hydrogen) atoms. The number of allylic oxidation sites excluding steroid dienone is 1. The minimum absolute atomic E-state index is 0.863. The van der Waals surface area contributed by atoms with E-state index in [1.165, 1.54) is 13.0 Å². The molecular weight excluding hydrogens is 192 g/mol. The van der Waals surface area contributed by atoms with E-state index in [1.54, 1.807) is 0 Å². The summed E-state index contributed by atoms with van der Waals surface area (Å²) in [4.78, 5) is 10.4. The molecule has 0 aliphatic carbocycles. The Morgan fingerprint density at radius 3 is 2.46 bits per heavy atom. The van der Waals surface area contributed by atoms with Crippen LogP contribution in [-0.2, 0) is 9.53 Å². The van der Waals surface area contributed by atoms with Crippen molar-refractivity contribution < 1.29 is 27.1 Å². The van der Waals surface area contributed by atoms with Gasteiger partial charge in [0.1, 0.15) is 0 Å². The SMILES string of the molecule is C/C=C\C(=O)OCC(F)(F)C(F)F. The molecule has 0 atom stereocenters. The zero-order chi connectivity index (χ0) is 10.5. The molecule has 76 valence electrons. The maximum Gasteiger partial charge on any atom is 0.340 e. The standard InChI is InChI=1S/C7H8F4O2/c1-2-3-5(12)13-4-7(10,11)6(8)9/h2-3,6H,4H2,1H3/b3-2-. The van der Waals surface area contributed by atoms with Crippen molar-refractivity contribution >= 4 is 5.97 Å². The van der Waals surface area contributed by atoms with E-state index in [1.807, 2.05) is 0 Å². The molecule has 0 bridgehead atoms. The van der Waals surface area contributed by atoms with E-state index in [2.05, 4.69) is 4.74 Å². The topological polar surface area (TPSA) is 26.3 Å². The normalized spacial score (nSPS) is 12.5. The molecule has 0 aliphatic rings. The van der Waals surface area contributed by atoms with E-state index in [-0.39, 0.29) is 0 Å². The van der Waals surface area contributed by atoms with Gasteiger partial charge in [0, 0.05) is 6.08 Å². The highest BCUT2D eigenvalue weighted by Crippen LogP contribution is 2.22. The molecule has 0 amide bonds. The smallest absolute Gasteiger partial charge is 0.340 e. The van der Waals surface area contributed by atoms with Crippen molar-refractivity contribution in [2.24, 2.45) is 0 Å². The van der Waals surface area contributed by atoms with Crippen molar-refractivity contribution in [3.8, 4) is 0 Å². The second-order valence-corrected chi connectivity index (χ2v) is 2.17. The lowest BCUT2D eigenvalue weighted by Crippen LogP contribution is -2.33. The third-order valence-electron chi connectivity index (χ3n) is 1.03. The number of ether oxygens (including phenoxy) is 1. The number of hydrogen-bond donors (Lipinski definition) is 0. The molecule has 0 rings (SSSR count).